The number of piperidine rings is 4. The molecule has 6 nitrogen and oxygen atoms in total. The minimum absolute atomic E-state index is 0.0434. The highest BCUT2D eigenvalue weighted by Crippen LogP contribution is 2.39. The van der Waals surface area contributed by atoms with Gasteiger partial charge in [0.15, 0.2) is 0 Å². The number of anilines is 2. The van der Waals surface area contributed by atoms with Gasteiger partial charge in [-0.25, -0.2) is 9.37 Å². The summed E-state index contributed by atoms with van der Waals surface area (Å²) in [5, 5.41) is 1.62. The first kappa shape index (κ1) is 70.1. The van der Waals surface area contributed by atoms with Crippen LogP contribution in [0.3, 0.4) is 0 Å². The van der Waals surface area contributed by atoms with Gasteiger partial charge in [0.25, 0.3) is 0 Å². The molecule has 3 unspecified atom stereocenters. The van der Waals surface area contributed by atoms with Crippen molar-refractivity contribution in [3.63, 3.8) is 0 Å². The second kappa shape index (κ2) is 33.2. The minimum Gasteiger partial charge on any atom is -0.372 e. The highest BCUT2D eigenvalue weighted by molar-refractivity contribution is 6.30. The molecule has 5 fully saturated rings. The van der Waals surface area contributed by atoms with Crippen LogP contribution in [0.15, 0.2) is 150 Å². The van der Waals surface area contributed by atoms with Gasteiger partial charge in [0.1, 0.15) is 11.6 Å². The van der Waals surface area contributed by atoms with E-state index in [1.54, 1.807) is 17.7 Å². The molecule has 0 N–H and O–H groups in total. The Balaban J connectivity index is 0.000000177. The molecular weight excluding hydrogens is 1130 g/mol. The standard InChI is InChI=1S/C30H42ClN3.C30H41ClN2.C20H30FN/c1-23(2)20-28(22-30(3,4)26-8-10-27(31)11-9-26)33-18-13-24(14-19-33)25-12-15-32-29(21-25)34-16-6-5-7-17-34;1-23(2)20-29(22-30(3,4)26-10-12-27(31)13-11-26)33-18-14-24(15-19-33)25-8-7-9-28(21-25)32-16-5-6-17-32;1-16(2)14-19(22-12-6-5-7-13-22)15-20(3,4)17-8-10-18(21)11-9-17/h8-12,15,20-21,24,28H,5-7,13-14,16-19,22H2,1-4H3;7-13,20-21,24,29H,5-6,14-19,22H2,1-4H3;8-11,14,19H,5-7,12-13,15H2,1-4H3. The molecule has 0 aliphatic carbocycles. The summed E-state index contributed by atoms with van der Waals surface area (Å²) < 4.78 is 13.2. The van der Waals surface area contributed by atoms with Gasteiger partial charge in [-0.1, -0.05) is 155 Å². The lowest BCUT2D eigenvalue weighted by molar-refractivity contribution is 0.155. The molecule has 1 aromatic heterocycles. The summed E-state index contributed by atoms with van der Waals surface area (Å²) in [6.45, 7) is 39.1. The van der Waals surface area contributed by atoms with Crippen LogP contribution in [0.1, 0.15) is 219 Å². The topological polar surface area (TPSA) is 29.1 Å². The molecule has 4 aromatic carbocycles. The van der Waals surface area contributed by atoms with Crippen LogP contribution in [-0.4, -0.2) is 103 Å². The first-order valence-corrected chi connectivity index (χ1v) is 35.3. The fraction of sp³-hybridized carbons (Fsp3) is 0.562. The SMILES string of the molecule is CC(C)=CC(CC(C)(C)c1ccc(Cl)cc1)N1CCC(c2cccc(N3CCCC3)c2)CC1.CC(C)=CC(CC(C)(C)c1ccc(Cl)cc1)N1CCC(c2ccnc(N3CCCCC3)c2)CC1.CC(C)=CC(CC(C)(C)c1ccc(F)cc1)N1CCCCC1. The maximum atomic E-state index is 13.2. The summed E-state index contributed by atoms with van der Waals surface area (Å²) in [5.41, 5.74) is 12.8. The van der Waals surface area contributed by atoms with Crippen molar-refractivity contribution in [1.29, 1.82) is 0 Å². The number of hydrogen-bond acceptors (Lipinski definition) is 6. The Hall–Kier alpha value is -4.76. The molecule has 89 heavy (non-hydrogen) atoms. The largest absolute Gasteiger partial charge is 0.372 e. The fourth-order valence-electron chi connectivity index (χ4n) is 15.0. The van der Waals surface area contributed by atoms with Gasteiger partial charge in [0.2, 0.25) is 0 Å². The maximum Gasteiger partial charge on any atom is 0.128 e. The van der Waals surface area contributed by atoms with Crippen molar-refractivity contribution in [2.45, 2.75) is 226 Å². The van der Waals surface area contributed by atoms with Crippen molar-refractivity contribution < 1.29 is 4.39 Å². The summed E-state index contributed by atoms with van der Waals surface area (Å²) in [7, 11) is 0. The first-order valence-electron chi connectivity index (χ1n) is 34.5. The van der Waals surface area contributed by atoms with Crippen LogP contribution in [-0.2, 0) is 16.2 Å². The zero-order chi connectivity index (χ0) is 63.7. The zero-order valence-electron chi connectivity index (χ0n) is 57.1. The zero-order valence-corrected chi connectivity index (χ0v) is 58.6. The predicted molar refractivity (Wildman–Crippen MR) is 383 cm³/mol. The van der Waals surface area contributed by atoms with E-state index in [1.807, 2.05) is 42.6 Å². The summed E-state index contributed by atoms with van der Waals surface area (Å²) >= 11 is 12.3. The van der Waals surface area contributed by atoms with E-state index < -0.39 is 0 Å². The number of pyridine rings is 1. The number of halogens is 3. The Kier molecular flexibility index (Phi) is 26.1. The Bertz CT molecular complexity index is 3010. The Labute approximate surface area is 550 Å². The van der Waals surface area contributed by atoms with Crippen LogP contribution in [0.2, 0.25) is 10.0 Å². The summed E-state index contributed by atoms with van der Waals surface area (Å²) in [4.78, 5) is 17.8. The smallest absolute Gasteiger partial charge is 0.128 e. The molecule has 0 saturated carbocycles. The number of nitrogens with zero attached hydrogens (tertiary/aromatic N) is 6. The molecule has 10 rings (SSSR count). The third-order valence-corrected chi connectivity index (χ3v) is 20.7. The number of likely N-dealkylation sites (tertiary alicyclic amines) is 3. The Morgan fingerprint density at radius 1 is 0.449 bits per heavy atom. The van der Waals surface area contributed by atoms with Gasteiger partial charge in [0.05, 0.1) is 0 Å². The number of aromatic nitrogens is 1. The maximum absolute atomic E-state index is 13.2. The number of rotatable bonds is 19. The first-order chi connectivity index (χ1) is 42.5. The molecular formula is C80H113Cl2FN6. The van der Waals surface area contributed by atoms with Gasteiger partial charge in [0, 0.05) is 66.2 Å². The van der Waals surface area contributed by atoms with Crippen molar-refractivity contribution in [1.82, 2.24) is 19.7 Å². The van der Waals surface area contributed by atoms with Crippen LogP contribution in [0, 0.1) is 5.82 Å². The van der Waals surface area contributed by atoms with Crippen molar-refractivity contribution >= 4 is 34.7 Å². The average Bonchev–Trinajstić information content (AvgIpc) is 2.87. The van der Waals surface area contributed by atoms with E-state index in [0.29, 0.717) is 30.0 Å². The summed E-state index contributed by atoms with van der Waals surface area (Å²) in [6, 6.07) is 39.3. The van der Waals surface area contributed by atoms with Gasteiger partial charge < -0.3 is 9.80 Å². The quantitative estimate of drug-likeness (QED) is 0.0766. The van der Waals surface area contributed by atoms with E-state index in [0.717, 1.165) is 55.5 Å². The van der Waals surface area contributed by atoms with Crippen LogP contribution in [0.25, 0.3) is 0 Å². The summed E-state index contributed by atoms with van der Waals surface area (Å²) in [5.74, 6) is 2.35. The number of benzene rings is 4. The normalized spacial score (nSPS) is 18.8. The molecule has 5 aliphatic rings. The van der Waals surface area contributed by atoms with Gasteiger partial charge >= 0.3 is 0 Å². The van der Waals surface area contributed by atoms with Crippen molar-refractivity contribution in [3.8, 4) is 0 Å². The number of hydrogen-bond donors (Lipinski definition) is 0. The Morgan fingerprint density at radius 2 is 0.809 bits per heavy atom. The lowest BCUT2D eigenvalue weighted by Gasteiger charge is -2.40. The van der Waals surface area contributed by atoms with Crippen molar-refractivity contribution in [2.75, 3.05) is 75.2 Å². The molecule has 5 aliphatic heterocycles. The van der Waals surface area contributed by atoms with Crippen molar-refractivity contribution in [3.05, 3.63) is 194 Å². The molecule has 6 heterocycles. The van der Waals surface area contributed by atoms with E-state index in [1.165, 1.54) is 167 Å². The molecule has 0 bridgehead atoms. The summed E-state index contributed by atoms with van der Waals surface area (Å²) in [6.07, 6.45) is 28.3. The van der Waals surface area contributed by atoms with Crippen LogP contribution in [0.5, 0.6) is 0 Å². The van der Waals surface area contributed by atoms with Gasteiger partial charge in [-0.3, -0.25) is 14.7 Å². The van der Waals surface area contributed by atoms with Gasteiger partial charge in [-0.05, 0) is 287 Å². The highest BCUT2D eigenvalue weighted by atomic mass is 35.5. The number of allylic oxidation sites excluding steroid dienone is 3. The van der Waals surface area contributed by atoms with Gasteiger partial charge in [-0.15, -0.1) is 0 Å². The van der Waals surface area contributed by atoms with Crippen molar-refractivity contribution in [2.24, 2.45) is 0 Å². The van der Waals surface area contributed by atoms with Gasteiger partial charge in [-0.2, -0.15) is 0 Å². The minimum atomic E-state index is -0.156. The molecule has 5 saturated heterocycles. The van der Waals surface area contributed by atoms with E-state index in [-0.39, 0.29) is 22.1 Å². The lowest BCUT2D eigenvalue weighted by atomic mass is 9.78. The third-order valence-electron chi connectivity index (χ3n) is 20.2. The van der Waals surface area contributed by atoms with Crippen LogP contribution in [0.4, 0.5) is 15.9 Å². The fourth-order valence-corrected chi connectivity index (χ4v) is 15.2. The molecule has 484 valence electrons. The second-order valence-electron chi connectivity index (χ2n) is 29.7. The molecule has 0 radical (unpaired) electrons. The third kappa shape index (κ3) is 21.1. The Morgan fingerprint density at radius 3 is 1.22 bits per heavy atom. The average molecular weight is 1250 g/mol. The molecule has 0 spiro atoms. The van der Waals surface area contributed by atoms with Crippen LogP contribution < -0.4 is 9.80 Å². The molecule has 3 atom stereocenters. The predicted octanol–water partition coefficient (Wildman–Crippen LogP) is 20.7. The van der Waals surface area contributed by atoms with E-state index >= 15 is 0 Å². The molecule has 9 heteroatoms. The molecule has 0 amide bonds. The second-order valence-corrected chi connectivity index (χ2v) is 30.6. The van der Waals surface area contributed by atoms with E-state index in [4.69, 9.17) is 28.2 Å². The lowest BCUT2D eigenvalue weighted by Crippen LogP contribution is -2.43. The monoisotopic (exact) mass is 1250 g/mol. The molecule has 5 aromatic rings. The van der Waals surface area contributed by atoms with E-state index in [2.05, 4.69) is 186 Å². The highest BCUT2D eigenvalue weighted by Gasteiger charge is 2.34. The van der Waals surface area contributed by atoms with Crippen LogP contribution >= 0.6 is 23.2 Å². The van der Waals surface area contributed by atoms with E-state index in [9.17, 15) is 4.39 Å².